The minimum Gasteiger partial charge on any atom is -0.378 e. The fourth-order valence-electron chi connectivity index (χ4n) is 1.86. The minimum absolute atomic E-state index is 0.405. The Labute approximate surface area is 101 Å². The molecule has 0 amide bonds. The van der Waals surface area contributed by atoms with Gasteiger partial charge in [0.05, 0.1) is 18.1 Å². The number of aromatic nitrogens is 4. The smallest absolute Gasteiger partial charge is 0.0729 e. The lowest BCUT2D eigenvalue weighted by Gasteiger charge is -2.09. The van der Waals surface area contributed by atoms with Crippen LogP contribution in [0.25, 0.3) is 0 Å². The van der Waals surface area contributed by atoms with Gasteiger partial charge >= 0.3 is 0 Å². The second kappa shape index (κ2) is 4.61. The second-order valence-electron chi connectivity index (χ2n) is 4.55. The molecule has 0 aromatic carbocycles. The zero-order valence-corrected chi connectivity index (χ0v) is 10.8. The van der Waals surface area contributed by atoms with E-state index in [0.717, 1.165) is 12.2 Å². The topological polar surface area (TPSA) is 47.7 Å². The standard InChI is InChI=1S/C12H19N5/c1-9(2)17-10(3)11(6-15-17)5-13-12-7-14-16(4)8-12/h6-9,13H,5H2,1-4H3. The van der Waals surface area contributed by atoms with Crippen LogP contribution in [-0.2, 0) is 13.6 Å². The van der Waals surface area contributed by atoms with Crippen molar-refractivity contribution in [3.8, 4) is 0 Å². The largest absolute Gasteiger partial charge is 0.378 e. The summed E-state index contributed by atoms with van der Waals surface area (Å²) in [5, 5.41) is 11.8. The van der Waals surface area contributed by atoms with Gasteiger partial charge in [0.25, 0.3) is 0 Å². The average Bonchev–Trinajstić information content (AvgIpc) is 2.82. The van der Waals surface area contributed by atoms with E-state index in [0.29, 0.717) is 6.04 Å². The third-order valence-electron chi connectivity index (χ3n) is 2.82. The van der Waals surface area contributed by atoms with Crippen molar-refractivity contribution in [2.75, 3.05) is 5.32 Å². The summed E-state index contributed by atoms with van der Waals surface area (Å²) in [5.41, 5.74) is 3.48. The molecule has 0 spiro atoms. The molecule has 0 atom stereocenters. The van der Waals surface area contributed by atoms with Gasteiger partial charge in [-0.3, -0.25) is 9.36 Å². The summed E-state index contributed by atoms with van der Waals surface area (Å²) in [5.74, 6) is 0. The van der Waals surface area contributed by atoms with Crippen LogP contribution in [0.1, 0.15) is 31.1 Å². The quantitative estimate of drug-likeness (QED) is 0.880. The van der Waals surface area contributed by atoms with Crippen molar-refractivity contribution in [3.63, 3.8) is 0 Å². The molecule has 2 rings (SSSR count). The van der Waals surface area contributed by atoms with E-state index in [2.05, 4.69) is 36.3 Å². The van der Waals surface area contributed by atoms with Crippen LogP contribution in [-0.4, -0.2) is 19.6 Å². The van der Waals surface area contributed by atoms with Gasteiger partial charge in [0, 0.05) is 37.1 Å². The highest BCUT2D eigenvalue weighted by Gasteiger charge is 2.08. The Morgan fingerprint density at radius 2 is 2.06 bits per heavy atom. The monoisotopic (exact) mass is 233 g/mol. The van der Waals surface area contributed by atoms with Crippen molar-refractivity contribution < 1.29 is 0 Å². The Balaban J connectivity index is 2.04. The molecule has 5 nitrogen and oxygen atoms in total. The molecule has 17 heavy (non-hydrogen) atoms. The molecule has 0 saturated heterocycles. The summed E-state index contributed by atoms with van der Waals surface area (Å²) in [4.78, 5) is 0. The van der Waals surface area contributed by atoms with E-state index in [9.17, 15) is 0 Å². The lowest BCUT2D eigenvalue weighted by atomic mass is 10.2. The van der Waals surface area contributed by atoms with Gasteiger partial charge in [0.15, 0.2) is 0 Å². The van der Waals surface area contributed by atoms with Crippen molar-refractivity contribution in [3.05, 3.63) is 29.8 Å². The van der Waals surface area contributed by atoms with E-state index in [1.165, 1.54) is 11.3 Å². The SMILES string of the molecule is Cc1c(CNc2cnn(C)c2)cnn1C(C)C. The molecule has 5 heteroatoms. The number of anilines is 1. The van der Waals surface area contributed by atoms with Crippen LogP contribution < -0.4 is 5.32 Å². The summed E-state index contributed by atoms with van der Waals surface area (Å²) in [6.45, 7) is 7.16. The fourth-order valence-corrected chi connectivity index (χ4v) is 1.86. The van der Waals surface area contributed by atoms with E-state index in [1.807, 2.05) is 30.3 Å². The molecule has 1 N–H and O–H groups in total. The van der Waals surface area contributed by atoms with Crippen LogP contribution in [0.2, 0.25) is 0 Å². The van der Waals surface area contributed by atoms with E-state index in [4.69, 9.17) is 0 Å². The molecule has 0 unspecified atom stereocenters. The van der Waals surface area contributed by atoms with Crippen LogP contribution in [0.4, 0.5) is 5.69 Å². The molecule has 2 heterocycles. The maximum Gasteiger partial charge on any atom is 0.0729 e. The van der Waals surface area contributed by atoms with Gasteiger partial charge in [-0.2, -0.15) is 10.2 Å². The highest BCUT2D eigenvalue weighted by atomic mass is 15.3. The number of nitrogens with one attached hydrogen (secondary N) is 1. The third kappa shape index (κ3) is 2.49. The van der Waals surface area contributed by atoms with Crippen LogP contribution in [0.15, 0.2) is 18.6 Å². The molecule has 0 aliphatic carbocycles. The number of hydrogen-bond acceptors (Lipinski definition) is 3. The summed E-state index contributed by atoms with van der Waals surface area (Å²) in [6, 6.07) is 0.405. The van der Waals surface area contributed by atoms with Gasteiger partial charge in [0.1, 0.15) is 0 Å². The molecule has 2 aromatic heterocycles. The normalized spacial score (nSPS) is 11.1. The van der Waals surface area contributed by atoms with Gasteiger partial charge in [-0.15, -0.1) is 0 Å². The van der Waals surface area contributed by atoms with Crippen LogP contribution in [0, 0.1) is 6.92 Å². The molecule has 92 valence electrons. The first-order valence-electron chi connectivity index (χ1n) is 5.83. The molecule has 0 aliphatic heterocycles. The first-order chi connectivity index (χ1) is 8.08. The number of hydrogen-bond donors (Lipinski definition) is 1. The highest BCUT2D eigenvalue weighted by Crippen LogP contribution is 2.14. The minimum atomic E-state index is 0.405. The van der Waals surface area contributed by atoms with Crippen molar-refractivity contribution in [2.24, 2.45) is 7.05 Å². The molecule has 2 aromatic rings. The van der Waals surface area contributed by atoms with Crippen molar-refractivity contribution in [1.82, 2.24) is 19.6 Å². The molecule has 0 fully saturated rings. The van der Waals surface area contributed by atoms with Gasteiger partial charge in [-0.1, -0.05) is 0 Å². The van der Waals surface area contributed by atoms with E-state index < -0.39 is 0 Å². The average molecular weight is 233 g/mol. The summed E-state index contributed by atoms with van der Waals surface area (Å²) < 4.78 is 3.83. The maximum absolute atomic E-state index is 4.39. The highest BCUT2D eigenvalue weighted by molar-refractivity contribution is 5.39. The summed E-state index contributed by atoms with van der Waals surface area (Å²) in [7, 11) is 1.91. The maximum atomic E-state index is 4.39. The van der Waals surface area contributed by atoms with Gasteiger partial charge in [0.2, 0.25) is 0 Å². The zero-order chi connectivity index (χ0) is 12.4. The first kappa shape index (κ1) is 11.7. The molecular formula is C12H19N5. The Morgan fingerprint density at radius 1 is 1.29 bits per heavy atom. The summed E-state index contributed by atoms with van der Waals surface area (Å²) in [6.07, 6.45) is 5.71. The van der Waals surface area contributed by atoms with Crippen molar-refractivity contribution in [1.29, 1.82) is 0 Å². The van der Waals surface area contributed by atoms with E-state index in [-0.39, 0.29) is 0 Å². The Bertz CT molecular complexity index is 495. The zero-order valence-electron chi connectivity index (χ0n) is 10.8. The Morgan fingerprint density at radius 3 is 2.59 bits per heavy atom. The Kier molecular flexibility index (Phi) is 3.17. The van der Waals surface area contributed by atoms with Crippen molar-refractivity contribution in [2.45, 2.75) is 33.4 Å². The van der Waals surface area contributed by atoms with Gasteiger partial charge in [-0.05, 0) is 20.8 Å². The fraction of sp³-hybridized carbons (Fsp3) is 0.500. The predicted molar refractivity (Wildman–Crippen MR) is 67.9 cm³/mol. The van der Waals surface area contributed by atoms with Gasteiger partial charge < -0.3 is 5.32 Å². The summed E-state index contributed by atoms with van der Waals surface area (Å²) >= 11 is 0. The van der Waals surface area contributed by atoms with Crippen LogP contribution in [0.5, 0.6) is 0 Å². The lowest BCUT2D eigenvalue weighted by molar-refractivity contribution is 0.518. The van der Waals surface area contributed by atoms with Gasteiger partial charge in [-0.25, -0.2) is 0 Å². The predicted octanol–water partition coefficient (Wildman–Crippen LogP) is 2.12. The number of nitrogens with zero attached hydrogens (tertiary/aromatic N) is 4. The van der Waals surface area contributed by atoms with E-state index in [1.54, 1.807) is 4.68 Å². The van der Waals surface area contributed by atoms with Crippen LogP contribution >= 0.6 is 0 Å². The molecule has 0 radical (unpaired) electrons. The first-order valence-corrected chi connectivity index (χ1v) is 5.83. The molecule has 0 bridgehead atoms. The molecule has 0 saturated carbocycles. The molecule has 0 aliphatic rings. The Hall–Kier alpha value is -1.78. The van der Waals surface area contributed by atoms with Crippen molar-refractivity contribution >= 4 is 5.69 Å². The van der Waals surface area contributed by atoms with Crippen LogP contribution in [0.3, 0.4) is 0 Å². The van der Waals surface area contributed by atoms with E-state index >= 15 is 0 Å². The second-order valence-corrected chi connectivity index (χ2v) is 4.55. The number of rotatable bonds is 4. The molecular weight excluding hydrogens is 214 g/mol. The third-order valence-corrected chi connectivity index (χ3v) is 2.82. The number of aryl methyl sites for hydroxylation is 1. The lowest BCUT2D eigenvalue weighted by Crippen LogP contribution is -2.06.